The third-order valence-electron chi connectivity index (χ3n) is 9.01. The number of rotatable bonds is 5. The summed E-state index contributed by atoms with van der Waals surface area (Å²) in [6.07, 6.45) is 10.0. The van der Waals surface area contributed by atoms with Crippen LogP contribution in [0.15, 0.2) is 23.3 Å². The van der Waals surface area contributed by atoms with Crippen molar-refractivity contribution in [2.45, 2.75) is 90.3 Å². The second kappa shape index (κ2) is 9.61. The van der Waals surface area contributed by atoms with Crippen molar-refractivity contribution in [3.8, 4) is 0 Å². The zero-order valence-electron chi connectivity index (χ0n) is 19.3. The van der Waals surface area contributed by atoms with E-state index in [-0.39, 0.29) is 0 Å². The molecule has 4 fully saturated rings. The molecule has 0 aromatic rings. The van der Waals surface area contributed by atoms with Gasteiger partial charge in [-0.15, -0.1) is 0 Å². The zero-order valence-corrected chi connectivity index (χ0v) is 19.3. The van der Waals surface area contributed by atoms with Crippen molar-refractivity contribution in [1.29, 1.82) is 0 Å². The number of fused-ring (bicyclic) bond motifs is 1. The van der Waals surface area contributed by atoms with Crippen LogP contribution in [-0.4, -0.2) is 53.4 Å². The minimum Gasteiger partial charge on any atom is -0.393 e. The topological polar surface area (TPSA) is 43.7 Å². The molecule has 0 aromatic heterocycles. The summed E-state index contributed by atoms with van der Waals surface area (Å²) in [6.45, 7) is 7.16. The van der Waals surface area contributed by atoms with Gasteiger partial charge in [0.25, 0.3) is 0 Å². The zero-order chi connectivity index (χ0) is 22.2. The summed E-state index contributed by atoms with van der Waals surface area (Å²) in [5.41, 5.74) is 3.01. The Hall–Kier alpha value is -0.780. The van der Waals surface area contributed by atoms with Crippen LogP contribution in [0.4, 0.5) is 8.78 Å². The molecule has 0 amide bonds. The van der Waals surface area contributed by atoms with Crippen molar-refractivity contribution in [3.05, 3.63) is 23.3 Å². The Kier molecular flexibility index (Phi) is 7.24. The SMILES string of the molecule is C[C@H](CN1CC[C@@H](C(F)F)C1)[C@H]1CC[C@H]2/C(=C/C=C3C[C@@H](O)C[C@H](O)C3)CCC[C@]12C. The highest BCUT2D eigenvalue weighted by Crippen LogP contribution is 2.59. The molecule has 4 aliphatic rings. The molecular weight excluding hydrogens is 396 g/mol. The predicted octanol–water partition coefficient (Wildman–Crippen LogP) is 5.18. The van der Waals surface area contributed by atoms with E-state index in [2.05, 4.69) is 30.9 Å². The van der Waals surface area contributed by atoms with Gasteiger partial charge in [-0.05, 0) is 87.5 Å². The minimum absolute atomic E-state index is 0.301. The molecule has 0 radical (unpaired) electrons. The Labute approximate surface area is 186 Å². The quantitative estimate of drug-likeness (QED) is 0.623. The van der Waals surface area contributed by atoms with Crippen molar-refractivity contribution >= 4 is 0 Å². The fraction of sp³-hybridized carbons (Fsp3) is 0.846. The lowest BCUT2D eigenvalue weighted by molar-refractivity contribution is 0.0609. The molecule has 0 aromatic carbocycles. The fourth-order valence-electron chi connectivity index (χ4n) is 7.51. The monoisotopic (exact) mass is 437 g/mol. The predicted molar refractivity (Wildman–Crippen MR) is 120 cm³/mol. The van der Waals surface area contributed by atoms with Crippen molar-refractivity contribution in [3.63, 3.8) is 0 Å². The van der Waals surface area contributed by atoms with E-state index in [1.807, 2.05) is 0 Å². The molecule has 31 heavy (non-hydrogen) atoms. The van der Waals surface area contributed by atoms with Gasteiger partial charge in [0.2, 0.25) is 6.43 Å². The van der Waals surface area contributed by atoms with Gasteiger partial charge in [0.1, 0.15) is 0 Å². The molecule has 0 unspecified atom stereocenters. The minimum atomic E-state index is -2.18. The molecule has 3 saturated carbocycles. The first-order valence-corrected chi connectivity index (χ1v) is 12.5. The highest BCUT2D eigenvalue weighted by atomic mass is 19.3. The molecule has 3 nitrogen and oxygen atoms in total. The van der Waals surface area contributed by atoms with E-state index < -0.39 is 24.6 Å². The van der Waals surface area contributed by atoms with Crippen LogP contribution >= 0.6 is 0 Å². The van der Waals surface area contributed by atoms with Crippen molar-refractivity contribution in [2.75, 3.05) is 19.6 Å². The van der Waals surface area contributed by atoms with E-state index in [1.165, 1.54) is 25.7 Å². The summed E-state index contributed by atoms with van der Waals surface area (Å²) < 4.78 is 26.1. The smallest absolute Gasteiger partial charge is 0.242 e. The lowest BCUT2D eigenvalue weighted by Crippen LogP contribution is -2.39. The summed E-state index contributed by atoms with van der Waals surface area (Å²) in [5.74, 6) is 1.36. The van der Waals surface area contributed by atoms with Crippen LogP contribution in [0, 0.1) is 29.1 Å². The molecule has 5 heteroatoms. The first kappa shape index (κ1) is 23.4. The number of alkyl halides is 2. The van der Waals surface area contributed by atoms with Gasteiger partial charge in [-0.3, -0.25) is 0 Å². The summed E-state index contributed by atoms with van der Waals surface area (Å²) in [7, 11) is 0. The third-order valence-corrected chi connectivity index (χ3v) is 9.01. The van der Waals surface area contributed by atoms with Crippen LogP contribution in [0.3, 0.4) is 0 Å². The molecule has 0 spiro atoms. The maximum Gasteiger partial charge on any atom is 0.242 e. The van der Waals surface area contributed by atoms with Gasteiger partial charge >= 0.3 is 0 Å². The Morgan fingerprint density at radius 2 is 1.87 bits per heavy atom. The van der Waals surface area contributed by atoms with Crippen LogP contribution < -0.4 is 0 Å². The van der Waals surface area contributed by atoms with Crippen molar-refractivity contribution < 1.29 is 19.0 Å². The second-order valence-electron chi connectivity index (χ2n) is 11.2. The molecule has 7 atom stereocenters. The maximum atomic E-state index is 13.1. The average Bonchev–Trinajstić information content (AvgIpc) is 3.29. The number of aliphatic hydroxyl groups excluding tert-OH is 2. The number of aliphatic hydroxyl groups is 2. The van der Waals surface area contributed by atoms with Crippen LogP contribution in [-0.2, 0) is 0 Å². The number of nitrogens with zero attached hydrogens (tertiary/aromatic N) is 1. The largest absolute Gasteiger partial charge is 0.393 e. The van der Waals surface area contributed by atoms with Crippen LogP contribution in [0.2, 0.25) is 0 Å². The molecule has 2 N–H and O–H groups in total. The molecular formula is C26H41F2NO2. The van der Waals surface area contributed by atoms with E-state index in [0.29, 0.717) is 55.4 Å². The van der Waals surface area contributed by atoms with E-state index in [9.17, 15) is 19.0 Å². The number of likely N-dealkylation sites (tertiary alicyclic amines) is 1. The first-order valence-electron chi connectivity index (χ1n) is 12.5. The number of allylic oxidation sites excluding steroid dienone is 3. The van der Waals surface area contributed by atoms with Crippen LogP contribution in [0.25, 0.3) is 0 Å². The van der Waals surface area contributed by atoms with Gasteiger partial charge in [0, 0.05) is 19.0 Å². The molecule has 1 heterocycles. The van der Waals surface area contributed by atoms with E-state index in [0.717, 1.165) is 25.1 Å². The molecule has 4 rings (SSSR count). The summed E-state index contributed by atoms with van der Waals surface area (Å²) >= 11 is 0. The number of hydrogen-bond donors (Lipinski definition) is 2. The van der Waals surface area contributed by atoms with Crippen molar-refractivity contribution in [1.82, 2.24) is 4.90 Å². The fourth-order valence-corrected chi connectivity index (χ4v) is 7.51. The van der Waals surface area contributed by atoms with Gasteiger partial charge in [-0.25, -0.2) is 8.78 Å². The Morgan fingerprint density at radius 3 is 2.55 bits per heavy atom. The van der Waals surface area contributed by atoms with Gasteiger partial charge in [-0.1, -0.05) is 37.1 Å². The Balaban J connectivity index is 1.41. The first-order chi connectivity index (χ1) is 14.8. The summed E-state index contributed by atoms with van der Waals surface area (Å²) in [4.78, 5) is 2.28. The van der Waals surface area contributed by atoms with E-state index in [1.54, 1.807) is 5.57 Å². The normalized spacial score (nSPS) is 41.7. The Morgan fingerprint density at radius 1 is 1.13 bits per heavy atom. The molecule has 1 saturated heterocycles. The van der Waals surface area contributed by atoms with Gasteiger partial charge in [-0.2, -0.15) is 0 Å². The van der Waals surface area contributed by atoms with Crippen molar-refractivity contribution in [2.24, 2.45) is 29.1 Å². The standard InChI is InChI=1S/C26H41F2NO2/c1-17(15-29-11-9-20(16-29)25(27)28)23-7-8-24-19(4-3-10-26(23,24)2)6-5-18-12-21(30)14-22(31)13-18/h5-6,17,20-25,30-31H,3-4,7-16H2,1-2H3/b19-6+/t17-,20-,21-,22-,23-,24+,26-/m1/s1. The van der Waals surface area contributed by atoms with E-state index >= 15 is 0 Å². The molecule has 3 aliphatic carbocycles. The van der Waals surface area contributed by atoms with Crippen LogP contribution in [0.1, 0.15) is 71.6 Å². The highest BCUT2D eigenvalue weighted by Gasteiger charge is 2.51. The second-order valence-corrected chi connectivity index (χ2v) is 11.2. The Bertz CT molecular complexity index is 681. The molecule has 1 aliphatic heterocycles. The lowest BCUT2D eigenvalue weighted by Gasteiger charge is -2.45. The molecule has 176 valence electrons. The average molecular weight is 438 g/mol. The number of halogens is 2. The number of hydrogen-bond acceptors (Lipinski definition) is 3. The maximum absolute atomic E-state index is 13.1. The van der Waals surface area contributed by atoms with Gasteiger partial charge in [0.15, 0.2) is 0 Å². The molecule has 0 bridgehead atoms. The van der Waals surface area contributed by atoms with Crippen LogP contribution in [0.5, 0.6) is 0 Å². The third kappa shape index (κ3) is 5.09. The summed E-state index contributed by atoms with van der Waals surface area (Å²) in [6, 6.07) is 0. The van der Waals surface area contributed by atoms with E-state index in [4.69, 9.17) is 0 Å². The summed E-state index contributed by atoms with van der Waals surface area (Å²) in [5, 5.41) is 19.9. The van der Waals surface area contributed by atoms with Gasteiger partial charge < -0.3 is 15.1 Å². The lowest BCUT2D eigenvalue weighted by atomic mass is 9.61. The highest BCUT2D eigenvalue weighted by molar-refractivity contribution is 5.26. The van der Waals surface area contributed by atoms with Gasteiger partial charge in [0.05, 0.1) is 12.2 Å².